The number of nitrogens with zero attached hydrogens (tertiary/aromatic N) is 2. The van der Waals surface area contributed by atoms with Crippen molar-refractivity contribution in [1.29, 1.82) is 0 Å². The van der Waals surface area contributed by atoms with Crippen LogP contribution in [0.1, 0.15) is 42.9 Å². The summed E-state index contributed by atoms with van der Waals surface area (Å²) in [5.41, 5.74) is 2.94. The lowest BCUT2D eigenvalue weighted by Crippen LogP contribution is -2.19. The molecule has 2 aliphatic rings. The van der Waals surface area contributed by atoms with Crippen LogP contribution in [0.4, 0.5) is 5.69 Å². The Labute approximate surface area is 148 Å². The van der Waals surface area contributed by atoms with Gasteiger partial charge in [0.25, 0.3) is 10.0 Å². The van der Waals surface area contributed by atoms with Gasteiger partial charge in [0.05, 0.1) is 22.8 Å². The van der Waals surface area contributed by atoms with Crippen LogP contribution in [0.5, 0.6) is 0 Å². The Morgan fingerprint density at radius 3 is 2.68 bits per heavy atom. The van der Waals surface area contributed by atoms with E-state index < -0.39 is 10.0 Å². The van der Waals surface area contributed by atoms with Gasteiger partial charge in [0.1, 0.15) is 0 Å². The van der Waals surface area contributed by atoms with Crippen LogP contribution in [0.25, 0.3) is 0 Å². The molecule has 0 atom stereocenters. The third-order valence-electron chi connectivity index (χ3n) is 5.05. The highest BCUT2D eigenvalue weighted by Crippen LogP contribution is 2.26. The van der Waals surface area contributed by atoms with E-state index >= 15 is 0 Å². The maximum Gasteiger partial charge on any atom is 0.262 e. The Hall–Kier alpha value is -1.86. The minimum Gasteiger partial charge on any atom is -0.381 e. The topological polar surface area (TPSA) is 73.2 Å². The molecule has 1 aromatic carbocycles. The summed E-state index contributed by atoms with van der Waals surface area (Å²) in [4.78, 5) is 0.326. The van der Waals surface area contributed by atoms with E-state index in [1.54, 1.807) is 18.5 Å². The molecule has 1 aromatic heterocycles. The summed E-state index contributed by atoms with van der Waals surface area (Å²) < 4.78 is 35.3. The number of anilines is 1. The van der Waals surface area contributed by atoms with E-state index in [1.807, 2.05) is 16.8 Å². The number of sulfonamides is 1. The number of nitrogens with one attached hydrogen (secondary N) is 1. The van der Waals surface area contributed by atoms with Gasteiger partial charge in [-0.25, -0.2) is 8.42 Å². The standard InChI is InChI=1S/C18H23N3O3S/c22-25(23,18-6-5-14-3-1-2-4-15(14)11-18)20-16-12-19-21(13-16)17-7-9-24-10-8-17/h5-6,11-13,17,20H,1-4,7-10H2. The Morgan fingerprint density at radius 1 is 1.12 bits per heavy atom. The maximum atomic E-state index is 12.7. The van der Waals surface area contributed by atoms with Crippen molar-refractivity contribution in [2.45, 2.75) is 49.5 Å². The van der Waals surface area contributed by atoms with Crippen molar-refractivity contribution in [3.8, 4) is 0 Å². The van der Waals surface area contributed by atoms with Gasteiger partial charge in [0.15, 0.2) is 0 Å². The molecule has 134 valence electrons. The monoisotopic (exact) mass is 361 g/mol. The molecular formula is C18H23N3O3S. The van der Waals surface area contributed by atoms with Crippen molar-refractivity contribution < 1.29 is 13.2 Å². The molecule has 0 radical (unpaired) electrons. The Kier molecular flexibility index (Phi) is 4.52. The van der Waals surface area contributed by atoms with Gasteiger partial charge in [-0.15, -0.1) is 0 Å². The Morgan fingerprint density at radius 2 is 1.88 bits per heavy atom. The Balaban J connectivity index is 1.52. The first-order valence-corrected chi connectivity index (χ1v) is 10.4. The molecule has 4 rings (SSSR count). The molecule has 0 unspecified atom stereocenters. The molecule has 0 saturated carbocycles. The summed E-state index contributed by atoms with van der Waals surface area (Å²) >= 11 is 0. The molecular weight excluding hydrogens is 338 g/mol. The van der Waals surface area contributed by atoms with Crippen molar-refractivity contribution in [2.24, 2.45) is 0 Å². The minimum absolute atomic E-state index is 0.274. The second kappa shape index (κ2) is 6.80. The normalized spacial score (nSPS) is 18.7. The largest absolute Gasteiger partial charge is 0.381 e. The third kappa shape index (κ3) is 3.57. The van der Waals surface area contributed by atoms with Gasteiger partial charge in [-0.3, -0.25) is 9.40 Å². The van der Waals surface area contributed by atoms with E-state index in [0.717, 1.165) is 50.9 Å². The van der Waals surface area contributed by atoms with E-state index in [2.05, 4.69) is 9.82 Å². The van der Waals surface area contributed by atoms with E-state index in [9.17, 15) is 8.42 Å². The highest BCUT2D eigenvalue weighted by molar-refractivity contribution is 7.92. The van der Waals surface area contributed by atoms with Crippen LogP contribution in [0.3, 0.4) is 0 Å². The second-order valence-electron chi connectivity index (χ2n) is 6.80. The predicted octanol–water partition coefficient (Wildman–Crippen LogP) is 2.91. The van der Waals surface area contributed by atoms with Gasteiger partial charge >= 0.3 is 0 Å². The van der Waals surface area contributed by atoms with Crippen LogP contribution in [-0.2, 0) is 27.6 Å². The number of fused-ring (bicyclic) bond motifs is 1. The first-order chi connectivity index (χ1) is 12.1. The number of benzene rings is 1. The molecule has 7 heteroatoms. The summed E-state index contributed by atoms with van der Waals surface area (Å²) in [7, 11) is -3.59. The number of aryl methyl sites for hydroxylation is 2. The van der Waals surface area contributed by atoms with Crippen LogP contribution < -0.4 is 4.72 Å². The van der Waals surface area contributed by atoms with E-state index in [1.165, 1.54) is 12.0 Å². The molecule has 1 fully saturated rings. The van der Waals surface area contributed by atoms with Gasteiger partial charge in [-0.2, -0.15) is 5.10 Å². The molecule has 1 aliphatic carbocycles. The fraction of sp³-hybridized carbons (Fsp3) is 0.500. The molecule has 2 aromatic rings. The van der Waals surface area contributed by atoms with Crippen molar-refractivity contribution in [3.63, 3.8) is 0 Å². The van der Waals surface area contributed by atoms with Crippen molar-refractivity contribution >= 4 is 15.7 Å². The quantitative estimate of drug-likeness (QED) is 0.909. The second-order valence-corrected chi connectivity index (χ2v) is 8.48. The summed E-state index contributed by atoms with van der Waals surface area (Å²) in [6.45, 7) is 1.45. The van der Waals surface area contributed by atoms with E-state index in [0.29, 0.717) is 10.6 Å². The molecule has 0 bridgehead atoms. The first kappa shape index (κ1) is 16.6. The summed E-state index contributed by atoms with van der Waals surface area (Å²) in [6.07, 6.45) is 9.46. The molecule has 0 spiro atoms. The van der Waals surface area contributed by atoms with Gasteiger partial charge in [0, 0.05) is 19.4 Å². The molecule has 1 saturated heterocycles. The molecule has 0 amide bonds. The average molecular weight is 361 g/mol. The van der Waals surface area contributed by atoms with Crippen LogP contribution in [0.2, 0.25) is 0 Å². The third-order valence-corrected chi connectivity index (χ3v) is 6.43. The lowest BCUT2D eigenvalue weighted by atomic mass is 9.92. The first-order valence-electron chi connectivity index (χ1n) is 8.88. The van der Waals surface area contributed by atoms with E-state index in [-0.39, 0.29) is 6.04 Å². The lowest BCUT2D eigenvalue weighted by molar-refractivity contribution is 0.0662. The van der Waals surface area contributed by atoms with E-state index in [4.69, 9.17) is 4.74 Å². The van der Waals surface area contributed by atoms with Crippen molar-refractivity contribution in [3.05, 3.63) is 41.7 Å². The van der Waals surface area contributed by atoms with Gasteiger partial charge < -0.3 is 4.74 Å². The molecule has 1 aliphatic heterocycles. The zero-order valence-electron chi connectivity index (χ0n) is 14.1. The molecule has 1 N–H and O–H groups in total. The number of ether oxygens (including phenoxy) is 1. The SMILES string of the molecule is O=S(=O)(Nc1cnn(C2CCOCC2)c1)c1ccc2c(c1)CCCC2. The van der Waals surface area contributed by atoms with Gasteiger partial charge in [-0.1, -0.05) is 6.07 Å². The summed E-state index contributed by atoms with van der Waals surface area (Å²) in [6, 6.07) is 5.75. The Bertz CT molecular complexity index is 854. The number of rotatable bonds is 4. The minimum atomic E-state index is -3.59. The zero-order chi connectivity index (χ0) is 17.3. The fourth-order valence-electron chi connectivity index (χ4n) is 3.63. The number of hydrogen-bond acceptors (Lipinski definition) is 4. The van der Waals surface area contributed by atoms with Crippen LogP contribution in [0.15, 0.2) is 35.5 Å². The van der Waals surface area contributed by atoms with Crippen LogP contribution >= 0.6 is 0 Å². The number of hydrogen-bond donors (Lipinski definition) is 1. The zero-order valence-corrected chi connectivity index (χ0v) is 15.0. The predicted molar refractivity (Wildman–Crippen MR) is 95.2 cm³/mol. The summed E-state index contributed by atoms with van der Waals surface area (Å²) in [5.74, 6) is 0. The fourth-order valence-corrected chi connectivity index (χ4v) is 4.71. The molecule has 2 heterocycles. The number of aromatic nitrogens is 2. The van der Waals surface area contributed by atoms with Crippen LogP contribution in [-0.4, -0.2) is 31.4 Å². The van der Waals surface area contributed by atoms with Crippen LogP contribution in [0, 0.1) is 0 Å². The van der Waals surface area contributed by atoms with Crippen molar-refractivity contribution in [1.82, 2.24) is 9.78 Å². The molecule has 25 heavy (non-hydrogen) atoms. The van der Waals surface area contributed by atoms with Crippen molar-refractivity contribution in [2.75, 3.05) is 17.9 Å². The van der Waals surface area contributed by atoms with Gasteiger partial charge in [0.2, 0.25) is 0 Å². The molecule has 6 nitrogen and oxygen atoms in total. The summed E-state index contributed by atoms with van der Waals surface area (Å²) in [5, 5.41) is 4.32. The highest BCUT2D eigenvalue weighted by atomic mass is 32.2. The average Bonchev–Trinajstić information content (AvgIpc) is 3.10. The maximum absolute atomic E-state index is 12.7. The highest BCUT2D eigenvalue weighted by Gasteiger charge is 2.20. The smallest absolute Gasteiger partial charge is 0.262 e. The lowest BCUT2D eigenvalue weighted by Gasteiger charge is -2.22. The van der Waals surface area contributed by atoms with Gasteiger partial charge in [-0.05, 0) is 61.8 Å².